The lowest BCUT2D eigenvalue weighted by molar-refractivity contribution is -0.354. The second-order valence-electron chi connectivity index (χ2n) is 4.16. The first-order chi connectivity index (χ1) is 8.24. The number of carbonyl (C=O) groups is 1. The maximum absolute atomic E-state index is 11.7. The van der Waals surface area contributed by atoms with Gasteiger partial charge in [-0.25, -0.2) is 4.79 Å². The van der Waals surface area contributed by atoms with Gasteiger partial charge in [0.05, 0.1) is 18.1 Å². The van der Waals surface area contributed by atoms with E-state index in [1.54, 1.807) is 0 Å². The molecule has 0 N–H and O–H groups in total. The zero-order valence-electron chi connectivity index (χ0n) is 10.1. The number of carbonyl (C=O) groups excluding carboxylic acids is 1. The van der Waals surface area contributed by atoms with Gasteiger partial charge in [-0.3, -0.25) is 4.89 Å². The third kappa shape index (κ3) is 2.86. The number of hydrogen-bond acceptors (Lipinski definition) is 5. The molecule has 5 nitrogen and oxygen atoms in total. The predicted molar refractivity (Wildman–Crippen MR) is 58.8 cm³/mol. The van der Waals surface area contributed by atoms with Crippen LogP contribution in [0, 0.1) is 5.92 Å². The molecule has 0 aromatic carbocycles. The number of hydrogen-bond donors (Lipinski definition) is 0. The monoisotopic (exact) mass is 242 g/mol. The number of ether oxygens (including phenoxy) is 2. The van der Waals surface area contributed by atoms with Crippen LogP contribution in [0.4, 0.5) is 0 Å². The molecule has 2 aliphatic heterocycles. The van der Waals surface area contributed by atoms with Crippen molar-refractivity contribution in [3.05, 3.63) is 12.2 Å². The molecule has 0 spiro atoms. The summed E-state index contributed by atoms with van der Waals surface area (Å²) in [6.45, 7) is 4.29. The summed E-state index contributed by atoms with van der Waals surface area (Å²) >= 11 is 0. The molecule has 0 aromatic heterocycles. The Kier molecular flexibility index (Phi) is 4.15. The third-order valence-corrected chi connectivity index (χ3v) is 2.96. The Morgan fingerprint density at radius 2 is 2.29 bits per heavy atom. The van der Waals surface area contributed by atoms with E-state index in [1.807, 2.05) is 26.0 Å². The van der Waals surface area contributed by atoms with Crippen LogP contribution in [0.5, 0.6) is 0 Å². The molecule has 0 aromatic rings. The van der Waals surface area contributed by atoms with Crippen molar-refractivity contribution in [1.29, 1.82) is 0 Å². The standard InChI is InChI=1S/C12H18O5/c1-3-11(14-4-2)16-17-12(13)9-7-8-5-6-10(9)15-8/h5-6,8-11H,3-4,7H2,1-2H3. The molecule has 1 fully saturated rings. The Hall–Kier alpha value is -0.910. The molecule has 0 amide bonds. The van der Waals surface area contributed by atoms with Crippen LogP contribution in [0.3, 0.4) is 0 Å². The summed E-state index contributed by atoms with van der Waals surface area (Å²) in [4.78, 5) is 21.5. The first kappa shape index (κ1) is 12.5. The van der Waals surface area contributed by atoms with Crippen LogP contribution in [0.15, 0.2) is 12.2 Å². The van der Waals surface area contributed by atoms with Gasteiger partial charge in [0.25, 0.3) is 0 Å². The highest BCUT2D eigenvalue weighted by Crippen LogP contribution is 2.34. The maximum atomic E-state index is 11.7. The van der Waals surface area contributed by atoms with E-state index in [0.29, 0.717) is 19.4 Å². The third-order valence-electron chi connectivity index (χ3n) is 2.96. The second-order valence-corrected chi connectivity index (χ2v) is 4.16. The lowest BCUT2D eigenvalue weighted by atomic mass is 9.95. The molecule has 0 radical (unpaired) electrons. The van der Waals surface area contributed by atoms with Crippen LogP contribution >= 0.6 is 0 Å². The van der Waals surface area contributed by atoms with Gasteiger partial charge in [-0.15, -0.1) is 0 Å². The lowest BCUT2D eigenvalue weighted by Crippen LogP contribution is -2.28. The van der Waals surface area contributed by atoms with Gasteiger partial charge in [-0.2, -0.15) is 4.89 Å². The minimum atomic E-state index is -0.487. The van der Waals surface area contributed by atoms with Crippen LogP contribution < -0.4 is 0 Å². The fourth-order valence-electron chi connectivity index (χ4n) is 2.07. The van der Waals surface area contributed by atoms with Gasteiger partial charge < -0.3 is 9.47 Å². The molecule has 4 atom stereocenters. The van der Waals surface area contributed by atoms with Crippen molar-refractivity contribution < 1.29 is 24.0 Å². The van der Waals surface area contributed by atoms with Crippen molar-refractivity contribution in [3.63, 3.8) is 0 Å². The molecule has 1 saturated heterocycles. The SMILES string of the molecule is CCOC(CC)OOC(=O)C1CC2C=CC1O2. The fraction of sp³-hybridized carbons (Fsp3) is 0.750. The molecule has 0 saturated carbocycles. The molecule has 2 rings (SSSR count). The Morgan fingerprint density at radius 3 is 2.82 bits per heavy atom. The summed E-state index contributed by atoms with van der Waals surface area (Å²) in [5, 5.41) is 0. The first-order valence-corrected chi connectivity index (χ1v) is 6.07. The topological polar surface area (TPSA) is 54.0 Å². The highest BCUT2D eigenvalue weighted by atomic mass is 17.2. The van der Waals surface area contributed by atoms with Crippen LogP contribution in [0.2, 0.25) is 0 Å². The van der Waals surface area contributed by atoms with E-state index in [9.17, 15) is 4.79 Å². The van der Waals surface area contributed by atoms with E-state index in [2.05, 4.69) is 0 Å². The second kappa shape index (κ2) is 5.62. The quantitative estimate of drug-likeness (QED) is 0.306. The van der Waals surface area contributed by atoms with Crippen molar-refractivity contribution in [3.8, 4) is 0 Å². The Labute approximate surface area is 101 Å². The minimum Gasteiger partial charge on any atom is -0.366 e. The van der Waals surface area contributed by atoms with Crippen molar-refractivity contribution in [2.75, 3.05) is 6.61 Å². The van der Waals surface area contributed by atoms with Crippen LogP contribution in [0.1, 0.15) is 26.7 Å². The van der Waals surface area contributed by atoms with Crippen molar-refractivity contribution in [2.24, 2.45) is 5.92 Å². The van der Waals surface area contributed by atoms with Gasteiger partial charge in [0.1, 0.15) is 0 Å². The fourth-order valence-corrected chi connectivity index (χ4v) is 2.07. The molecule has 96 valence electrons. The van der Waals surface area contributed by atoms with Crippen LogP contribution in [-0.2, 0) is 24.0 Å². The molecule has 0 aliphatic carbocycles. The minimum absolute atomic E-state index is 0.0615. The number of fused-ring (bicyclic) bond motifs is 2. The summed E-state index contributed by atoms with van der Waals surface area (Å²) in [5.41, 5.74) is 0. The summed E-state index contributed by atoms with van der Waals surface area (Å²) in [6, 6.07) is 0. The van der Waals surface area contributed by atoms with Crippen molar-refractivity contribution in [1.82, 2.24) is 0 Å². The highest BCUT2D eigenvalue weighted by molar-refractivity contribution is 5.73. The Bertz CT molecular complexity index is 301. The van der Waals surface area contributed by atoms with E-state index in [0.717, 1.165) is 0 Å². The van der Waals surface area contributed by atoms with Gasteiger partial charge in [0.2, 0.25) is 6.29 Å². The molecular weight excluding hydrogens is 224 g/mol. The summed E-state index contributed by atoms with van der Waals surface area (Å²) in [5.74, 6) is -0.621. The lowest BCUT2D eigenvalue weighted by Gasteiger charge is -2.17. The molecule has 2 aliphatic rings. The normalized spacial score (nSPS) is 31.8. The predicted octanol–water partition coefficient (Wildman–Crippen LogP) is 1.58. The zero-order valence-corrected chi connectivity index (χ0v) is 10.1. The molecule has 2 bridgehead atoms. The number of rotatable bonds is 6. The largest absolute Gasteiger partial charge is 0.366 e. The van der Waals surface area contributed by atoms with Gasteiger partial charge in [-0.05, 0) is 19.8 Å². The van der Waals surface area contributed by atoms with E-state index >= 15 is 0 Å². The van der Waals surface area contributed by atoms with E-state index < -0.39 is 6.29 Å². The first-order valence-electron chi connectivity index (χ1n) is 6.07. The van der Waals surface area contributed by atoms with Gasteiger partial charge in [0, 0.05) is 6.61 Å². The average molecular weight is 242 g/mol. The average Bonchev–Trinajstić information content (AvgIpc) is 2.96. The maximum Gasteiger partial charge on any atom is 0.348 e. The molecule has 2 heterocycles. The molecule has 5 heteroatoms. The van der Waals surface area contributed by atoms with E-state index in [-0.39, 0.29) is 24.1 Å². The van der Waals surface area contributed by atoms with Crippen molar-refractivity contribution >= 4 is 5.97 Å². The van der Waals surface area contributed by atoms with Gasteiger partial charge in [0.15, 0.2) is 0 Å². The van der Waals surface area contributed by atoms with Gasteiger partial charge in [-0.1, -0.05) is 19.1 Å². The summed E-state index contributed by atoms with van der Waals surface area (Å²) in [6.07, 6.45) is 4.61. The molecule has 17 heavy (non-hydrogen) atoms. The van der Waals surface area contributed by atoms with E-state index in [1.165, 1.54) is 0 Å². The van der Waals surface area contributed by atoms with Crippen LogP contribution in [-0.4, -0.2) is 31.1 Å². The molecular formula is C12H18O5. The van der Waals surface area contributed by atoms with Gasteiger partial charge >= 0.3 is 5.97 Å². The zero-order chi connectivity index (χ0) is 12.3. The Morgan fingerprint density at radius 1 is 1.47 bits per heavy atom. The highest BCUT2D eigenvalue weighted by Gasteiger charge is 2.42. The van der Waals surface area contributed by atoms with Crippen LogP contribution in [0.25, 0.3) is 0 Å². The van der Waals surface area contributed by atoms with Crippen molar-refractivity contribution in [2.45, 2.75) is 45.2 Å². The molecule has 4 unspecified atom stereocenters. The summed E-state index contributed by atoms with van der Waals surface area (Å²) < 4.78 is 10.7. The van der Waals surface area contributed by atoms with E-state index in [4.69, 9.17) is 19.2 Å². The summed E-state index contributed by atoms with van der Waals surface area (Å²) in [7, 11) is 0. The smallest absolute Gasteiger partial charge is 0.348 e. The Balaban J connectivity index is 1.76.